The van der Waals surface area contributed by atoms with Crippen molar-refractivity contribution in [2.24, 2.45) is 17.8 Å². The van der Waals surface area contributed by atoms with Gasteiger partial charge in [-0.1, -0.05) is 0 Å². The number of rotatable bonds is 3. The minimum Gasteiger partial charge on any atom is -0.207 e. The molecule has 5 heteroatoms. The van der Waals surface area contributed by atoms with Gasteiger partial charge in [-0.25, -0.2) is 12.8 Å². The molecule has 1 aromatic carbocycles. The molecule has 0 spiro atoms. The van der Waals surface area contributed by atoms with E-state index in [-0.39, 0.29) is 10.4 Å². The van der Waals surface area contributed by atoms with Crippen LogP contribution in [0.2, 0.25) is 0 Å². The lowest BCUT2D eigenvalue weighted by atomic mass is 9.53. The minimum atomic E-state index is -3.55. The molecule has 4 fully saturated rings. The summed E-state index contributed by atoms with van der Waals surface area (Å²) >= 11 is 0. The number of nitrogens with zero attached hydrogens (tertiary/aromatic N) is 1. The highest BCUT2D eigenvalue weighted by Crippen LogP contribution is 2.58. The van der Waals surface area contributed by atoms with Gasteiger partial charge in [-0.15, -0.1) is 0 Å². The molecule has 0 amide bonds. The summed E-state index contributed by atoms with van der Waals surface area (Å²) in [6.07, 6.45) is 6.83. The second kappa shape index (κ2) is 4.78. The summed E-state index contributed by atoms with van der Waals surface area (Å²) in [6.45, 7) is 0. The van der Waals surface area contributed by atoms with E-state index in [0.29, 0.717) is 17.8 Å². The Bertz CT molecular complexity index is 648. The Kier molecular flexibility index (Phi) is 3.18. The number of benzene rings is 1. The molecule has 4 saturated carbocycles. The van der Waals surface area contributed by atoms with Gasteiger partial charge >= 0.3 is 0 Å². The van der Waals surface area contributed by atoms with Crippen LogP contribution in [0.4, 0.5) is 4.39 Å². The maximum Gasteiger partial charge on any atom is 0.243 e. The molecule has 22 heavy (non-hydrogen) atoms. The molecule has 120 valence electrons. The Hall–Kier alpha value is -0.940. The Morgan fingerprint density at radius 3 is 1.91 bits per heavy atom. The summed E-state index contributed by atoms with van der Waals surface area (Å²) in [5, 5.41) is 0. The van der Waals surface area contributed by atoms with Gasteiger partial charge < -0.3 is 0 Å². The zero-order valence-corrected chi connectivity index (χ0v) is 13.7. The zero-order chi connectivity index (χ0) is 15.5. The molecule has 0 saturated heterocycles. The SMILES string of the molecule is CN(C12CC3CC(CC(C3)C1)C2)S(=O)(=O)c1ccc(F)cc1. The summed E-state index contributed by atoms with van der Waals surface area (Å²) in [5.41, 5.74) is -0.206. The van der Waals surface area contributed by atoms with Crippen LogP contribution in [0.15, 0.2) is 29.2 Å². The van der Waals surface area contributed by atoms with Crippen molar-refractivity contribution in [2.45, 2.75) is 49.0 Å². The van der Waals surface area contributed by atoms with Crippen LogP contribution in [0.3, 0.4) is 0 Å². The molecule has 4 bridgehead atoms. The van der Waals surface area contributed by atoms with Crippen LogP contribution in [0.5, 0.6) is 0 Å². The summed E-state index contributed by atoms with van der Waals surface area (Å²) in [6, 6.07) is 5.20. The standard InChI is InChI=1S/C17H22FNO2S/c1-19(22(20,21)16-4-2-15(18)3-5-16)17-9-12-6-13(10-17)8-14(7-12)11-17/h2-5,12-14H,6-11H2,1H3. The van der Waals surface area contributed by atoms with Crippen molar-refractivity contribution in [2.75, 3.05) is 7.05 Å². The normalized spacial score (nSPS) is 37.0. The highest BCUT2D eigenvalue weighted by molar-refractivity contribution is 7.89. The lowest BCUT2D eigenvalue weighted by Crippen LogP contribution is -2.60. The van der Waals surface area contributed by atoms with Crippen molar-refractivity contribution in [3.8, 4) is 0 Å². The number of hydrogen-bond acceptors (Lipinski definition) is 2. The van der Waals surface area contributed by atoms with Crippen molar-refractivity contribution < 1.29 is 12.8 Å². The van der Waals surface area contributed by atoms with E-state index in [1.165, 1.54) is 43.5 Å². The third-order valence-corrected chi connectivity index (χ3v) is 8.12. The molecule has 3 nitrogen and oxygen atoms in total. The van der Waals surface area contributed by atoms with Gasteiger partial charge in [-0.2, -0.15) is 4.31 Å². The third kappa shape index (κ3) is 2.13. The maximum absolute atomic E-state index is 13.1. The van der Waals surface area contributed by atoms with Crippen molar-refractivity contribution in [1.29, 1.82) is 0 Å². The largest absolute Gasteiger partial charge is 0.243 e. The molecular weight excluding hydrogens is 301 g/mol. The highest BCUT2D eigenvalue weighted by Gasteiger charge is 2.55. The first-order valence-corrected chi connectivity index (χ1v) is 9.58. The zero-order valence-electron chi connectivity index (χ0n) is 12.8. The van der Waals surface area contributed by atoms with Gasteiger partial charge in [0.15, 0.2) is 0 Å². The van der Waals surface area contributed by atoms with Crippen LogP contribution in [0.1, 0.15) is 38.5 Å². The topological polar surface area (TPSA) is 37.4 Å². The Labute approximate surface area is 131 Å². The fourth-order valence-electron chi connectivity index (χ4n) is 5.47. The van der Waals surface area contributed by atoms with Crippen molar-refractivity contribution in [3.05, 3.63) is 30.1 Å². The molecule has 4 aliphatic rings. The van der Waals surface area contributed by atoms with E-state index in [4.69, 9.17) is 0 Å². The van der Waals surface area contributed by atoms with Gasteiger partial charge in [0, 0.05) is 12.6 Å². The van der Waals surface area contributed by atoms with E-state index in [9.17, 15) is 12.8 Å². The smallest absolute Gasteiger partial charge is 0.207 e. The third-order valence-electron chi connectivity index (χ3n) is 6.15. The second-order valence-electron chi connectivity index (χ2n) is 7.57. The second-order valence-corrected chi connectivity index (χ2v) is 9.54. The molecule has 0 aromatic heterocycles. The van der Waals surface area contributed by atoms with Crippen LogP contribution in [0, 0.1) is 23.6 Å². The average Bonchev–Trinajstić information content (AvgIpc) is 2.45. The van der Waals surface area contributed by atoms with Crippen LogP contribution in [-0.4, -0.2) is 25.3 Å². The van der Waals surface area contributed by atoms with Crippen molar-refractivity contribution in [1.82, 2.24) is 4.31 Å². The average molecular weight is 323 g/mol. The molecule has 0 heterocycles. The van der Waals surface area contributed by atoms with Crippen LogP contribution < -0.4 is 0 Å². The number of hydrogen-bond donors (Lipinski definition) is 0. The van der Waals surface area contributed by atoms with E-state index in [0.717, 1.165) is 19.3 Å². The summed E-state index contributed by atoms with van der Waals surface area (Å²) in [4.78, 5) is 0.201. The van der Waals surface area contributed by atoms with Gasteiger partial charge in [0.05, 0.1) is 4.90 Å². The first-order chi connectivity index (χ1) is 10.4. The minimum absolute atomic E-state index is 0.201. The first kappa shape index (κ1) is 14.6. The predicted octanol–water partition coefficient (Wildman–Crippen LogP) is 3.42. The molecule has 0 unspecified atom stereocenters. The van der Waals surface area contributed by atoms with E-state index in [1.54, 1.807) is 11.4 Å². The molecular formula is C17H22FNO2S. The first-order valence-electron chi connectivity index (χ1n) is 8.14. The monoisotopic (exact) mass is 323 g/mol. The quantitative estimate of drug-likeness (QED) is 0.855. The van der Waals surface area contributed by atoms with E-state index in [2.05, 4.69) is 0 Å². The van der Waals surface area contributed by atoms with Gasteiger partial charge in [-0.05, 0) is 80.5 Å². The molecule has 1 aromatic rings. The number of sulfonamides is 1. The molecule has 0 radical (unpaired) electrons. The van der Waals surface area contributed by atoms with Crippen molar-refractivity contribution >= 4 is 10.0 Å². The fourth-order valence-corrected chi connectivity index (χ4v) is 7.00. The van der Waals surface area contributed by atoms with Gasteiger partial charge in [0.2, 0.25) is 10.0 Å². The van der Waals surface area contributed by atoms with Crippen LogP contribution in [0.25, 0.3) is 0 Å². The molecule has 5 rings (SSSR count). The molecule has 0 aliphatic heterocycles. The summed E-state index contributed by atoms with van der Waals surface area (Å²) < 4.78 is 40.6. The summed E-state index contributed by atoms with van der Waals surface area (Å²) in [5.74, 6) is 1.67. The molecule has 0 atom stereocenters. The fraction of sp³-hybridized carbons (Fsp3) is 0.647. The van der Waals surface area contributed by atoms with Crippen molar-refractivity contribution in [3.63, 3.8) is 0 Å². The van der Waals surface area contributed by atoms with E-state index in [1.807, 2.05) is 0 Å². The Balaban J connectivity index is 1.69. The predicted molar refractivity (Wildman–Crippen MR) is 82.3 cm³/mol. The maximum atomic E-state index is 13.1. The lowest BCUT2D eigenvalue weighted by Gasteiger charge is -2.59. The van der Waals surface area contributed by atoms with Crippen LogP contribution >= 0.6 is 0 Å². The van der Waals surface area contributed by atoms with Gasteiger partial charge in [0.25, 0.3) is 0 Å². The van der Waals surface area contributed by atoms with Gasteiger partial charge in [-0.3, -0.25) is 0 Å². The van der Waals surface area contributed by atoms with Gasteiger partial charge in [0.1, 0.15) is 5.82 Å². The van der Waals surface area contributed by atoms with E-state index < -0.39 is 15.8 Å². The lowest BCUT2D eigenvalue weighted by molar-refractivity contribution is -0.0495. The Morgan fingerprint density at radius 2 is 1.45 bits per heavy atom. The summed E-state index contributed by atoms with van der Waals surface area (Å²) in [7, 11) is -1.82. The highest BCUT2D eigenvalue weighted by atomic mass is 32.2. The number of halogens is 1. The Morgan fingerprint density at radius 1 is 1.00 bits per heavy atom. The van der Waals surface area contributed by atoms with Crippen LogP contribution in [-0.2, 0) is 10.0 Å². The molecule has 0 N–H and O–H groups in total. The van der Waals surface area contributed by atoms with E-state index >= 15 is 0 Å². The molecule has 4 aliphatic carbocycles.